The molecule has 110 valence electrons. The summed E-state index contributed by atoms with van der Waals surface area (Å²) < 4.78 is 0.640. The van der Waals surface area contributed by atoms with Gasteiger partial charge in [0.05, 0.1) is 9.40 Å². The molecule has 0 fully saturated rings. The molecule has 0 aliphatic heterocycles. The van der Waals surface area contributed by atoms with Crippen LogP contribution in [0, 0.1) is 24.0 Å². The van der Waals surface area contributed by atoms with Crippen LogP contribution in [0.25, 0.3) is 0 Å². The number of hydrogen-bond donors (Lipinski definition) is 1. The fourth-order valence-corrected chi connectivity index (χ4v) is 2.52. The molecule has 0 aliphatic rings. The summed E-state index contributed by atoms with van der Waals surface area (Å²) in [7, 11) is 0. The second kappa shape index (κ2) is 6.67. The summed E-state index contributed by atoms with van der Waals surface area (Å²) in [5.74, 6) is 0.630. The van der Waals surface area contributed by atoms with E-state index in [9.17, 15) is 10.1 Å². The lowest BCUT2D eigenvalue weighted by Crippen LogP contribution is -2.08. The van der Waals surface area contributed by atoms with Crippen molar-refractivity contribution in [3.63, 3.8) is 0 Å². The molecule has 0 saturated heterocycles. The van der Waals surface area contributed by atoms with Gasteiger partial charge in [-0.05, 0) is 41.8 Å². The number of rotatable bonds is 5. The molecule has 0 amide bonds. The summed E-state index contributed by atoms with van der Waals surface area (Å²) in [5.41, 5.74) is 3.08. The summed E-state index contributed by atoms with van der Waals surface area (Å²) in [5, 5.41) is 14.0. The Balaban J connectivity index is 2.04. The normalized spacial score (nSPS) is 10.4. The van der Waals surface area contributed by atoms with Gasteiger partial charge in [-0.1, -0.05) is 29.8 Å². The van der Waals surface area contributed by atoms with Crippen molar-refractivity contribution in [2.24, 2.45) is 0 Å². The molecular weight excluding hydrogens is 334 g/mol. The molecule has 2 rings (SSSR count). The smallest absolute Gasteiger partial charge is 0.291 e. The molecule has 6 heteroatoms. The van der Waals surface area contributed by atoms with Crippen molar-refractivity contribution in [2.45, 2.75) is 20.3 Å². The zero-order valence-electron chi connectivity index (χ0n) is 11.9. The van der Waals surface area contributed by atoms with E-state index in [-0.39, 0.29) is 5.69 Å². The van der Waals surface area contributed by atoms with Gasteiger partial charge < -0.3 is 5.32 Å². The lowest BCUT2D eigenvalue weighted by molar-refractivity contribution is -0.385. The van der Waals surface area contributed by atoms with Crippen LogP contribution in [0.1, 0.15) is 16.7 Å². The van der Waals surface area contributed by atoms with Crippen molar-refractivity contribution in [1.82, 2.24) is 4.98 Å². The van der Waals surface area contributed by atoms with E-state index in [1.54, 1.807) is 6.92 Å². The molecule has 0 spiro atoms. The summed E-state index contributed by atoms with van der Waals surface area (Å²) in [6, 6.07) is 8.33. The number of aryl methyl sites for hydroxylation is 1. The number of anilines is 1. The highest BCUT2D eigenvalue weighted by molar-refractivity contribution is 9.10. The number of halogens is 1. The lowest BCUT2D eigenvalue weighted by atomic mass is 10.1. The van der Waals surface area contributed by atoms with Crippen LogP contribution in [0.15, 0.2) is 34.9 Å². The highest BCUT2D eigenvalue weighted by Gasteiger charge is 2.16. The number of benzene rings is 1. The minimum atomic E-state index is -0.427. The largest absolute Gasteiger partial charge is 0.369 e. The van der Waals surface area contributed by atoms with Gasteiger partial charge in [0.1, 0.15) is 12.0 Å². The van der Waals surface area contributed by atoms with Gasteiger partial charge in [-0.15, -0.1) is 0 Å². The quantitative estimate of drug-likeness (QED) is 0.653. The maximum absolute atomic E-state index is 10.8. The van der Waals surface area contributed by atoms with E-state index in [2.05, 4.69) is 51.4 Å². The fourth-order valence-electron chi connectivity index (χ4n) is 2.07. The first-order chi connectivity index (χ1) is 9.99. The topological polar surface area (TPSA) is 68.1 Å². The van der Waals surface area contributed by atoms with Crippen molar-refractivity contribution in [2.75, 3.05) is 11.9 Å². The van der Waals surface area contributed by atoms with Crippen LogP contribution >= 0.6 is 15.9 Å². The van der Waals surface area contributed by atoms with E-state index in [0.717, 1.165) is 6.42 Å². The number of nitrogens with zero attached hydrogens (tertiary/aromatic N) is 2. The van der Waals surface area contributed by atoms with Crippen LogP contribution in [0.4, 0.5) is 11.5 Å². The summed E-state index contributed by atoms with van der Waals surface area (Å²) in [6.45, 7) is 4.48. The molecule has 21 heavy (non-hydrogen) atoms. The molecule has 1 aromatic carbocycles. The third-order valence-electron chi connectivity index (χ3n) is 3.22. The highest BCUT2D eigenvalue weighted by Crippen LogP contribution is 2.30. The molecule has 1 heterocycles. The Hall–Kier alpha value is -1.95. The Bertz CT molecular complexity index is 674. The highest BCUT2D eigenvalue weighted by atomic mass is 79.9. The molecule has 0 saturated carbocycles. The van der Waals surface area contributed by atoms with Crippen LogP contribution in [0.3, 0.4) is 0 Å². The molecule has 0 bridgehead atoms. The van der Waals surface area contributed by atoms with Gasteiger partial charge in [-0.3, -0.25) is 10.1 Å². The molecule has 0 atom stereocenters. The Kier molecular flexibility index (Phi) is 4.90. The third-order valence-corrected chi connectivity index (χ3v) is 4.19. The molecule has 0 radical (unpaired) electrons. The van der Waals surface area contributed by atoms with E-state index >= 15 is 0 Å². The average Bonchev–Trinajstić information content (AvgIpc) is 2.43. The van der Waals surface area contributed by atoms with Crippen LogP contribution in [0.5, 0.6) is 0 Å². The number of nitro groups is 1. The zero-order valence-corrected chi connectivity index (χ0v) is 13.5. The number of hydrogen-bond acceptors (Lipinski definition) is 4. The molecule has 1 N–H and O–H groups in total. The zero-order chi connectivity index (χ0) is 15.4. The standard InChI is InChI=1S/C15H16BrN3O2/c1-10-4-3-5-12(8-10)6-7-17-15-14(16)11(2)13(9-18-15)19(20)21/h3-5,8-9H,6-7H2,1-2H3,(H,17,18). The third kappa shape index (κ3) is 3.78. The summed E-state index contributed by atoms with van der Waals surface area (Å²) >= 11 is 3.37. The number of pyridine rings is 1. The minimum absolute atomic E-state index is 0.0195. The molecular formula is C15H16BrN3O2. The van der Waals surface area contributed by atoms with E-state index < -0.39 is 4.92 Å². The van der Waals surface area contributed by atoms with Crippen molar-refractivity contribution in [3.8, 4) is 0 Å². The predicted octanol–water partition coefficient (Wildman–Crippen LogP) is 4.02. The Morgan fingerprint density at radius 1 is 1.38 bits per heavy atom. The van der Waals surface area contributed by atoms with Gasteiger partial charge in [-0.2, -0.15) is 0 Å². The second-order valence-electron chi connectivity index (χ2n) is 4.85. The summed E-state index contributed by atoms with van der Waals surface area (Å²) in [6.07, 6.45) is 2.15. The van der Waals surface area contributed by atoms with Gasteiger partial charge in [-0.25, -0.2) is 4.98 Å². The number of nitrogens with one attached hydrogen (secondary N) is 1. The minimum Gasteiger partial charge on any atom is -0.369 e. The van der Waals surface area contributed by atoms with Crippen LogP contribution in [0.2, 0.25) is 0 Å². The van der Waals surface area contributed by atoms with Crippen molar-refractivity contribution >= 4 is 27.4 Å². The van der Waals surface area contributed by atoms with Crippen molar-refractivity contribution < 1.29 is 4.92 Å². The van der Waals surface area contributed by atoms with E-state index in [0.29, 0.717) is 22.4 Å². The second-order valence-corrected chi connectivity index (χ2v) is 5.65. The maximum Gasteiger partial charge on any atom is 0.291 e. The average molecular weight is 350 g/mol. The van der Waals surface area contributed by atoms with E-state index in [4.69, 9.17) is 0 Å². The predicted molar refractivity (Wildman–Crippen MR) is 86.7 cm³/mol. The molecule has 1 aromatic heterocycles. The van der Waals surface area contributed by atoms with E-state index in [1.807, 2.05) is 6.07 Å². The Morgan fingerprint density at radius 2 is 2.14 bits per heavy atom. The SMILES string of the molecule is Cc1cccc(CCNc2ncc([N+](=O)[O-])c(C)c2Br)c1. The first-order valence-corrected chi connectivity index (χ1v) is 7.37. The lowest BCUT2D eigenvalue weighted by Gasteiger charge is -2.09. The van der Waals surface area contributed by atoms with Gasteiger partial charge in [0.25, 0.3) is 5.69 Å². The molecule has 0 unspecified atom stereocenters. The first-order valence-electron chi connectivity index (χ1n) is 6.58. The Labute approximate surface area is 131 Å². The van der Waals surface area contributed by atoms with E-state index in [1.165, 1.54) is 17.3 Å². The van der Waals surface area contributed by atoms with Gasteiger partial charge in [0.2, 0.25) is 0 Å². The monoisotopic (exact) mass is 349 g/mol. The van der Waals surface area contributed by atoms with Crippen LogP contribution < -0.4 is 5.32 Å². The Morgan fingerprint density at radius 3 is 2.81 bits per heavy atom. The van der Waals surface area contributed by atoms with Crippen molar-refractivity contribution in [3.05, 3.63) is 61.7 Å². The van der Waals surface area contributed by atoms with Gasteiger partial charge in [0.15, 0.2) is 0 Å². The molecule has 2 aromatic rings. The van der Waals surface area contributed by atoms with Gasteiger partial charge in [0, 0.05) is 12.1 Å². The van der Waals surface area contributed by atoms with Crippen molar-refractivity contribution in [1.29, 1.82) is 0 Å². The molecule has 0 aliphatic carbocycles. The van der Waals surface area contributed by atoms with Gasteiger partial charge >= 0.3 is 0 Å². The summed E-state index contributed by atoms with van der Waals surface area (Å²) in [4.78, 5) is 14.5. The maximum atomic E-state index is 10.8. The molecule has 5 nitrogen and oxygen atoms in total. The van der Waals surface area contributed by atoms with Crippen LogP contribution in [-0.4, -0.2) is 16.5 Å². The first kappa shape index (κ1) is 15.4. The van der Waals surface area contributed by atoms with Crippen LogP contribution in [-0.2, 0) is 6.42 Å². The number of aromatic nitrogens is 1. The fraction of sp³-hybridized carbons (Fsp3) is 0.267.